The maximum atomic E-state index is 12.4. The van der Waals surface area contributed by atoms with Crippen molar-refractivity contribution in [3.8, 4) is 0 Å². The third-order valence-corrected chi connectivity index (χ3v) is 5.64. The maximum Gasteiger partial charge on any atom is 0.323 e. The van der Waals surface area contributed by atoms with Gasteiger partial charge in [-0.1, -0.05) is 48.5 Å². The minimum absolute atomic E-state index is 0.293. The Bertz CT molecular complexity index is 1390. The highest BCUT2D eigenvalue weighted by Gasteiger charge is 2.09. The minimum atomic E-state index is -0.293. The van der Waals surface area contributed by atoms with Crippen molar-refractivity contribution in [3.63, 3.8) is 0 Å². The summed E-state index contributed by atoms with van der Waals surface area (Å²) in [5.74, 6) is 0. The van der Waals surface area contributed by atoms with E-state index in [0.717, 1.165) is 50.9 Å². The van der Waals surface area contributed by atoms with Gasteiger partial charge in [-0.25, -0.2) is 9.78 Å². The molecule has 6 nitrogen and oxygen atoms in total. The third-order valence-electron chi connectivity index (χ3n) is 5.64. The number of pyridine rings is 1. The zero-order chi connectivity index (χ0) is 23.3. The second-order valence-corrected chi connectivity index (χ2v) is 8.04. The van der Waals surface area contributed by atoms with E-state index in [1.165, 1.54) is 0 Å². The number of nitrogens with one attached hydrogen (secondary N) is 3. The number of rotatable bonds is 6. The second kappa shape index (κ2) is 9.60. The molecule has 5 N–H and O–H groups in total. The molecule has 4 aromatic carbocycles. The van der Waals surface area contributed by atoms with E-state index in [4.69, 9.17) is 10.7 Å². The van der Waals surface area contributed by atoms with Gasteiger partial charge < -0.3 is 21.7 Å². The van der Waals surface area contributed by atoms with Crippen LogP contribution in [0.2, 0.25) is 0 Å². The quantitative estimate of drug-likeness (QED) is 0.231. The predicted octanol–water partition coefficient (Wildman–Crippen LogP) is 6.28. The van der Waals surface area contributed by atoms with Crippen molar-refractivity contribution in [1.29, 1.82) is 0 Å². The lowest BCUT2D eigenvalue weighted by molar-refractivity contribution is 0.262. The molecule has 0 atom stereocenters. The van der Waals surface area contributed by atoms with Crippen LogP contribution in [0, 0.1) is 0 Å². The van der Waals surface area contributed by atoms with Gasteiger partial charge in [0.2, 0.25) is 0 Å². The lowest BCUT2D eigenvalue weighted by Gasteiger charge is -2.14. The Morgan fingerprint density at radius 1 is 0.676 bits per heavy atom. The van der Waals surface area contributed by atoms with Crippen LogP contribution in [0.25, 0.3) is 21.8 Å². The van der Waals surface area contributed by atoms with E-state index in [2.05, 4.69) is 28.1 Å². The Kier molecular flexibility index (Phi) is 6.05. The Morgan fingerprint density at radius 3 is 1.74 bits per heavy atom. The molecule has 0 spiro atoms. The van der Waals surface area contributed by atoms with Gasteiger partial charge >= 0.3 is 6.03 Å². The Morgan fingerprint density at radius 2 is 1.18 bits per heavy atom. The highest BCUT2D eigenvalue weighted by Crippen LogP contribution is 2.33. The number of nitrogens with zero attached hydrogens (tertiary/aromatic N) is 1. The van der Waals surface area contributed by atoms with Gasteiger partial charge in [-0.05, 0) is 67.1 Å². The first kappa shape index (κ1) is 21.4. The highest BCUT2D eigenvalue weighted by atomic mass is 16.2. The Labute approximate surface area is 197 Å². The smallest absolute Gasteiger partial charge is 0.323 e. The van der Waals surface area contributed by atoms with Gasteiger partial charge in [-0.15, -0.1) is 0 Å². The number of anilines is 4. The highest BCUT2D eigenvalue weighted by molar-refractivity contribution is 6.08. The number of aromatic nitrogens is 1. The summed E-state index contributed by atoms with van der Waals surface area (Å²) < 4.78 is 0. The Hall–Kier alpha value is -4.42. The molecule has 0 saturated carbocycles. The summed E-state index contributed by atoms with van der Waals surface area (Å²) in [5, 5.41) is 11.4. The summed E-state index contributed by atoms with van der Waals surface area (Å²) in [6.07, 6.45) is 0.817. The van der Waals surface area contributed by atoms with Crippen LogP contribution in [-0.2, 0) is 6.42 Å². The fraction of sp³-hybridized carbons (Fsp3) is 0.0714. The third kappa shape index (κ3) is 4.67. The van der Waals surface area contributed by atoms with Crippen LogP contribution in [0.3, 0.4) is 0 Å². The number of nitrogens with two attached hydrogens (primary N) is 1. The van der Waals surface area contributed by atoms with Crippen LogP contribution in [-0.4, -0.2) is 17.6 Å². The molecule has 0 saturated heterocycles. The van der Waals surface area contributed by atoms with Crippen molar-refractivity contribution in [2.75, 3.05) is 22.5 Å². The van der Waals surface area contributed by atoms with Gasteiger partial charge in [0, 0.05) is 27.8 Å². The van der Waals surface area contributed by atoms with E-state index in [1.54, 1.807) is 0 Å². The number of urea groups is 1. The second-order valence-electron chi connectivity index (χ2n) is 8.04. The summed E-state index contributed by atoms with van der Waals surface area (Å²) in [4.78, 5) is 17.2. The van der Waals surface area contributed by atoms with Gasteiger partial charge in [0.1, 0.15) is 0 Å². The lowest BCUT2D eigenvalue weighted by Crippen LogP contribution is -2.19. The summed E-state index contributed by atoms with van der Waals surface area (Å²) in [6, 6.07) is 31.2. The molecule has 0 aliphatic heterocycles. The standard InChI is InChI=1S/C28H25N5O/c29-18-17-19-9-11-21(12-10-19)31-28(34)32-22-15-13-20(14-16-22)30-27-23-5-1-3-7-25(23)33-26-8-4-2-6-24(26)27/h1-16H,17-18,29H2,(H,30,33)(H2,31,32,34). The normalized spacial score (nSPS) is 10.9. The average molecular weight is 448 g/mol. The molecule has 6 heteroatoms. The number of hydrogen-bond acceptors (Lipinski definition) is 4. The van der Waals surface area contributed by atoms with Gasteiger partial charge in [-0.3, -0.25) is 0 Å². The van der Waals surface area contributed by atoms with E-state index in [1.807, 2.05) is 84.9 Å². The van der Waals surface area contributed by atoms with E-state index >= 15 is 0 Å². The molecule has 5 aromatic rings. The molecule has 0 aliphatic carbocycles. The molecule has 1 aromatic heterocycles. The number of hydrogen-bond donors (Lipinski definition) is 4. The number of amides is 2. The van der Waals surface area contributed by atoms with Crippen LogP contribution in [0.15, 0.2) is 97.1 Å². The molecule has 0 radical (unpaired) electrons. The molecule has 0 bridgehead atoms. The lowest BCUT2D eigenvalue weighted by atomic mass is 10.1. The topological polar surface area (TPSA) is 92.1 Å². The van der Waals surface area contributed by atoms with E-state index in [-0.39, 0.29) is 6.03 Å². The van der Waals surface area contributed by atoms with E-state index in [9.17, 15) is 4.79 Å². The van der Waals surface area contributed by atoms with Crippen molar-refractivity contribution < 1.29 is 4.79 Å². The average Bonchev–Trinajstić information content (AvgIpc) is 2.86. The maximum absolute atomic E-state index is 12.4. The van der Waals surface area contributed by atoms with Gasteiger partial charge in [-0.2, -0.15) is 0 Å². The molecule has 0 fully saturated rings. The predicted molar refractivity (Wildman–Crippen MR) is 141 cm³/mol. The summed E-state index contributed by atoms with van der Waals surface area (Å²) in [6.45, 7) is 0.603. The van der Waals surface area contributed by atoms with Crippen LogP contribution in [0.1, 0.15) is 5.56 Å². The van der Waals surface area contributed by atoms with Gasteiger partial charge in [0.15, 0.2) is 0 Å². The molecule has 168 valence electrons. The number of benzene rings is 4. The summed E-state index contributed by atoms with van der Waals surface area (Å²) >= 11 is 0. The molecule has 0 unspecified atom stereocenters. The monoisotopic (exact) mass is 447 g/mol. The van der Waals surface area contributed by atoms with Crippen molar-refractivity contribution in [2.45, 2.75) is 6.42 Å². The van der Waals surface area contributed by atoms with Crippen molar-refractivity contribution in [1.82, 2.24) is 4.98 Å². The van der Waals surface area contributed by atoms with Crippen LogP contribution in [0.5, 0.6) is 0 Å². The van der Waals surface area contributed by atoms with Gasteiger partial charge in [0.05, 0.1) is 16.7 Å². The number of para-hydroxylation sites is 2. The van der Waals surface area contributed by atoms with Crippen molar-refractivity contribution >= 4 is 50.6 Å². The molecular formula is C28H25N5O. The van der Waals surface area contributed by atoms with Crippen molar-refractivity contribution in [3.05, 3.63) is 103 Å². The fourth-order valence-corrected chi connectivity index (χ4v) is 3.97. The largest absolute Gasteiger partial charge is 0.354 e. The Balaban J connectivity index is 1.31. The minimum Gasteiger partial charge on any atom is -0.354 e. The van der Waals surface area contributed by atoms with Gasteiger partial charge in [0.25, 0.3) is 0 Å². The molecule has 2 amide bonds. The molecule has 34 heavy (non-hydrogen) atoms. The fourth-order valence-electron chi connectivity index (χ4n) is 3.97. The molecular weight excluding hydrogens is 422 g/mol. The van der Waals surface area contributed by atoms with Crippen molar-refractivity contribution in [2.24, 2.45) is 5.73 Å². The summed E-state index contributed by atoms with van der Waals surface area (Å²) in [7, 11) is 0. The number of fused-ring (bicyclic) bond motifs is 2. The number of carbonyl (C=O) groups excluding carboxylic acids is 1. The first-order valence-corrected chi connectivity index (χ1v) is 11.2. The van der Waals surface area contributed by atoms with Crippen LogP contribution in [0.4, 0.5) is 27.5 Å². The zero-order valence-electron chi connectivity index (χ0n) is 18.6. The number of carbonyl (C=O) groups is 1. The van der Waals surface area contributed by atoms with Crippen LogP contribution < -0.4 is 21.7 Å². The SMILES string of the molecule is NCCc1ccc(NC(=O)Nc2ccc(Nc3c4ccccc4nc4ccccc34)cc2)cc1. The van der Waals surface area contributed by atoms with Crippen LogP contribution >= 0.6 is 0 Å². The molecule has 5 rings (SSSR count). The summed E-state index contributed by atoms with van der Waals surface area (Å²) in [5.41, 5.74) is 12.0. The van der Waals surface area contributed by atoms with E-state index in [0.29, 0.717) is 12.2 Å². The molecule has 1 heterocycles. The zero-order valence-corrected chi connectivity index (χ0v) is 18.6. The van der Waals surface area contributed by atoms with E-state index < -0.39 is 0 Å². The first-order chi connectivity index (χ1) is 16.7. The first-order valence-electron chi connectivity index (χ1n) is 11.2. The molecule has 0 aliphatic rings.